The predicted octanol–water partition coefficient (Wildman–Crippen LogP) is 4.93. The van der Waals surface area contributed by atoms with Crippen molar-refractivity contribution in [3.05, 3.63) is 72.2 Å². The maximum absolute atomic E-state index is 13.9. The first-order chi connectivity index (χ1) is 17.7. The maximum atomic E-state index is 13.9. The van der Waals surface area contributed by atoms with Crippen LogP contribution in [0.4, 0.5) is 15.9 Å². The third kappa shape index (κ3) is 4.48. The van der Waals surface area contributed by atoms with Crippen LogP contribution >= 0.6 is 0 Å². The first-order valence-corrected chi connectivity index (χ1v) is 12.8. The summed E-state index contributed by atoms with van der Waals surface area (Å²) in [4.78, 5) is 9.23. The molecule has 4 heterocycles. The van der Waals surface area contributed by atoms with E-state index in [9.17, 15) is 4.39 Å². The van der Waals surface area contributed by atoms with E-state index in [2.05, 4.69) is 14.8 Å². The molecule has 2 saturated heterocycles. The molecule has 2 aliphatic heterocycles. The lowest BCUT2D eigenvalue weighted by atomic mass is 10.0. The Morgan fingerprint density at radius 1 is 1.00 bits per heavy atom. The van der Waals surface area contributed by atoms with E-state index < -0.39 is 0 Å². The number of imidazole rings is 1. The summed E-state index contributed by atoms with van der Waals surface area (Å²) in [5.41, 5.74) is 10.5. The Morgan fingerprint density at radius 3 is 2.72 bits per heavy atom. The lowest BCUT2D eigenvalue weighted by Crippen LogP contribution is -2.25. The number of likely N-dealkylation sites (tertiary alicyclic amines) is 1. The fourth-order valence-corrected chi connectivity index (χ4v) is 5.45. The number of rotatable bonds is 7. The number of fused-ring (bicyclic) bond motifs is 1. The van der Waals surface area contributed by atoms with Crippen molar-refractivity contribution in [3.63, 3.8) is 0 Å². The average molecular weight is 487 g/mol. The molecule has 4 aromatic rings. The number of hydrogen-bond acceptors (Lipinski definition) is 6. The molecule has 6 rings (SSSR count). The molecule has 2 N–H and O–H groups in total. The first-order valence-electron chi connectivity index (χ1n) is 12.8. The molecule has 2 aromatic carbocycles. The van der Waals surface area contributed by atoms with Gasteiger partial charge >= 0.3 is 0 Å². The molecule has 7 nitrogen and oxygen atoms in total. The highest BCUT2D eigenvalue weighted by atomic mass is 19.1. The summed E-state index contributed by atoms with van der Waals surface area (Å²) in [5, 5.41) is 4.95. The van der Waals surface area contributed by atoms with Gasteiger partial charge in [-0.2, -0.15) is 0 Å². The summed E-state index contributed by atoms with van der Waals surface area (Å²) in [5.74, 6) is 1.35. The molecule has 186 valence electrons. The van der Waals surface area contributed by atoms with Crippen molar-refractivity contribution in [2.75, 3.05) is 43.4 Å². The van der Waals surface area contributed by atoms with Gasteiger partial charge in [0.1, 0.15) is 24.0 Å². The van der Waals surface area contributed by atoms with E-state index in [4.69, 9.17) is 15.6 Å². The number of anilines is 2. The van der Waals surface area contributed by atoms with Gasteiger partial charge in [-0.15, -0.1) is 5.10 Å². The summed E-state index contributed by atoms with van der Waals surface area (Å²) >= 11 is 0. The van der Waals surface area contributed by atoms with Gasteiger partial charge in [-0.05, 0) is 86.8 Å². The van der Waals surface area contributed by atoms with Crippen LogP contribution in [0.1, 0.15) is 37.3 Å². The normalized spacial score (nSPS) is 18.4. The van der Waals surface area contributed by atoms with Gasteiger partial charge in [0.05, 0.1) is 23.6 Å². The molecule has 0 aliphatic carbocycles. The van der Waals surface area contributed by atoms with E-state index in [0.717, 1.165) is 67.3 Å². The Balaban J connectivity index is 1.24. The Morgan fingerprint density at radius 2 is 1.89 bits per heavy atom. The molecule has 2 aliphatic rings. The summed E-state index contributed by atoms with van der Waals surface area (Å²) in [6.45, 7) is 4.74. The highest BCUT2D eigenvalue weighted by molar-refractivity contribution is 5.70. The van der Waals surface area contributed by atoms with Crippen LogP contribution in [0.5, 0.6) is 5.75 Å². The van der Waals surface area contributed by atoms with Gasteiger partial charge in [-0.25, -0.2) is 13.9 Å². The largest absolute Gasteiger partial charge is 0.490 e. The van der Waals surface area contributed by atoms with Crippen molar-refractivity contribution in [1.29, 1.82) is 0 Å². The van der Waals surface area contributed by atoms with Crippen molar-refractivity contribution in [3.8, 4) is 17.0 Å². The van der Waals surface area contributed by atoms with Crippen LogP contribution in [-0.2, 0) is 0 Å². The van der Waals surface area contributed by atoms with E-state index in [-0.39, 0.29) is 11.9 Å². The van der Waals surface area contributed by atoms with E-state index in [1.54, 1.807) is 12.1 Å². The minimum absolute atomic E-state index is 0.102. The summed E-state index contributed by atoms with van der Waals surface area (Å²) < 4.78 is 21.7. The van der Waals surface area contributed by atoms with Crippen LogP contribution in [-0.4, -0.2) is 52.3 Å². The third-order valence-corrected chi connectivity index (χ3v) is 7.30. The van der Waals surface area contributed by atoms with Crippen LogP contribution in [0, 0.1) is 5.82 Å². The number of ether oxygens (including phenoxy) is 1. The second kappa shape index (κ2) is 9.78. The number of hydrogen-bond donors (Lipinski definition) is 1. The van der Waals surface area contributed by atoms with E-state index in [0.29, 0.717) is 18.0 Å². The molecule has 2 fully saturated rings. The maximum Gasteiger partial charge on any atom is 0.154 e. The quantitative estimate of drug-likeness (QED) is 0.374. The Kier molecular flexibility index (Phi) is 6.19. The molecular formula is C28H31FN6O. The molecule has 0 spiro atoms. The smallest absolute Gasteiger partial charge is 0.154 e. The van der Waals surface area contributed by atoms with Crippen molar-refractivity contribution in [1.82, 2.24) is 19.5 Å². The summed E-state index contributed by atoms with van der Waals surface area (Å²) in [7, 11) is 0. The first kappa shape index (κ1) is 22.8. The molecule has 1 unspecified atom stereocenters. The number of nitrogens with zero attached hydrogens (tertiary/aromatic N) is 5. The van der Waals surface area contributed by atoms with Crippen LogP contribution in [0.15, 0.2) is 60.8 Å². The summed E-state index contributed by atoms with van der Waals surface area (Å²) in [6.07, 6.45) is 6.37. The predicted molar refractivity (Wildman–Crippen MR) is 140 cm³/mol. The van der Waals surface area contributed by atoms with Gasteiger partial charge in [0, 0.05) is 18.7 Å². The highest BCUT2D eigenvalue weighted by Gasteiger charge is 2.28. The Bertz CT molecular complexity index is 1370. The zero-order valence-corrected chi connectivity index (χ0v) is 20.3. The molecule has 0 radical (unpaired) electrons. The lowest BCUT2D eigenvalue weighted by Gasteiger charge is -2.26. The van der Waals surface area contributed by atoms with Crippen LogP contribution in [0.25, 0.3) is 16.9 Å². The minimum Gasteiger partial charge on any atom is -0.490 e. The molecule has 0 bridgehead atoms. The van der Waals surface area contributed by atoms with Gasteiger partial charge in [0.25, 0.3) is 0 Å². The molecule has 8 heteroatoms. The van der Waals surface area contributed by atoms with Gasteiger partial charge in [-0.3, -0.25) is 4.90 Å². The van der Waals surface area contributed by atoms with Crippen LogP contribution in [0.3, 0.4) is 0 Å². The van der Waals surface area contributed by atoms with E-state index in [1.165, 1.54) is 18.9 Å². The molecule has 36 heavy (non-hydrogen) atoms. The van der Waals surface area contributed by atoms with Crippen LogP contribution in [0.2, 0.25) is 0 Å². The second-order valence-electron chi connectivity index (χ2n) is 9.66. The Labute approximate surface area is 210 Å². The minimum atomic E-state index is -0.208. The Hall–Kier alpha value is -3.65. The number of nitrogens with two attached hydrogens (primary N) is 1. The average Bonchev–Trinajstić information content (AvgIpc) is 3.65. The zero-order chi connectivity index (χ0) is 24.5. The van der Waals surface area contributed by atoms with E-state index >= 15 is 0 Å². The van der Waals surface area contributed by atoms with Crippen molar-refractivity contribution >= 4 is 17.2 Å². The summed E-state index contributed by atoms with van der Waals surface area (Å²) in [6, 6.07) is 16.8. The van der Waals surface area contributed by atoms with Crippen molar-refractivity contribution in [2.45, 2.75) is 31.7 Å². The number of aromatic nitrogens is 3. The fourth-order valence-electron chi connectivity index (χ4n) is 5.45. The molecule has 0 saturated carbocycles. The topological polar surface area (TPSA) is 71.9 Å². The van der Waals surface area contributed by atoms with Crippen LogP contribution < -0.4 is 15.4 Å². The second-order valence-corrected chi connectivity index (χ2v) is 9.66. The molecule has 2 aromatic heterocycles. The van der Waals surface area contributed by atoms with Gasteiger partial charge < -0.3 is 15.4 Å². The highest BCUT2D eigenvalue weighted by Crippen LogP contribution is 2.36. The number of nitrogen functional groups attached to an aromatic ring is 1. The lowest BCUT2D eigenvalue weighted by molar-refractivity contribution is 0.238. The standard InChI is InChI=1S/C28H31FN6O/c29-22-6-3-5-20(17-22)24-7-4-14-34(24)28-11-10-27-31-19-25(35(27)32-28)21-8-9-26(23(30)18-21)36-16-15-33-12-1-2-13-33/h3,5-6,8-11,17-19,24H,1-2,4,7,12-16,30H2. The molecule has 0 amide bonds. The van der Waals surface area contributed by atoms with Gasteiger partial charge in [0.15, 0.2) is 5.65 Å². The van der Waals surface area contributed by atoms with Gasteiger partial charge in [-0.1, -0.05) is 12.1 Å². The number of benzene rings is 2. The van der Waals surface area contributed by atoms with E-state index in [1.807, 2.05) is 47.1 Å². The fraction of sp³-hybridized carbons (Fsp3) is 0.357. The third-order valence-electron chi connectivity index (χ3n) is 7.30. The number of halogens is 1. The molecule has 1 atom stereocenters. The monoisotopic (exact) mass is 486 g/mol. The van der Waals surface area contributed by atoms with Crippen molar-refractivity contribution in [2.24, 2.45) is 0 Å². The van der Waals surface area contributed by atoms with Crippen molar-refractivity contribution < 1.29 is 9.13 Å². The van der Waals surface area contributed by atoms with Gasteiger partial charge in [0.2, 0.25) is 0 Å². The SMILES string of the molecule is Nc1cc(-c2cnc3ccc(N4CCCC4c4cccc(F)c4)nn23)ccc1OCCN1CCCC1. The zero-order valence-electron chi connectivity index (χ0n) is 20.3. The molecular weight excluding hydrogens is 455 g/mol.